The highest BCUT2D eigenvalue weighted by atomic mass is 16.2. The number of amides is 2. The summed E-state index contributed by atoms with van der Waals surface area (Å²) in [6.07, 6.45) is 7.59. The second-order valence-corrected chi connectivity index (χ2v) is 7.27. The van der Waals surface area contributed by atoms with Gasteiger partial charge in [0.2, 0.25) is 11.8 Å². The number of hydrogen-bond acceptors (Lipinski definition) is 3. The molecule has 25 heavy (non-hydrogen) atoms. The standard InChI is InChI=1S/C20H26N2O3/c1-13(23)14-8-10-16(11-9-14)22-20(25)18-12-17(18)19(24)21-15-6-4-2-3-5-7-15/h8-11,15,17-18H,2-7,12H2,1H3,(H,21,24)(H,22,25). The Bertz CT molecular complexity index is 645. The lowest BCUT2D eigenvalue weighted by atomic mass is 10.1. The molecule has 0 saturated heterocycles. The summed E-state index contributed by atoms with van der Waals surface area (Å²) < 4.78 is 0. The smallest absolute Gasteiger partial charge is 0.228 e. The summed E-state index contributed by atoms with van der Waals surface area (Å²) in [5, 5.41) is 5.97. The number of rotatable bonds is 5. The number of Topliss-reactive ketones (excluding diaryl/α,β-unsaturated/α-hetero) is 1. The van der Waals surface area contributed by atoms with E-state index >= 15 is 0 Å². The first kappa shape index (κ1) is 17.6. The maximum Gasteiger partial charge on any atom is 0.228 e. The zero-order valence-electron chi connectivity index (χ0n) is 14.7. The van der Waals surface area contributed by atoms with Gasteiger partial charge in [-0.2, -0.15) is 0 Å². The van der Waals surface area contributed by atoms with E-state index in [1.165, 1.54) is 32.6 Å². The molecule has 2 aliphatic carbocycles. The summed E-state index contributed by atoms with van der Waals surface area (Å²) in [4.78, 5) is 35.9. The number of carbonyl (C=O) groups is 3. The van der Waals surface area contributed by atoms with Gasteiger partial charge in [0.05, 0.1) is 11.8 Å². The predicted molar refractivity (Wildman–Crippen MR) is 96.3 cm³/mol. The summed E-state index contributed by atoms with van der Waals surface area (Å²) in [5.41, 5.74) is 1.27. The van der Waals surface area contributed by atoms with Crippen molar-refractivity contribution < 1.29 is 14.4 Å². The molecule has 0 aliphatic heterocycles. The van der Waals surface area contributed by atoms with Crippen LogP contribution in [0.1, 0.15) is 62.2 Å². The minimum absolute atomic E-state index is 0.00434. The Morgan fingerprint density at radius 2 is 1.48 bits per heavy atom. The van der Waals surface area contributed by atoms with E-state index in [0.717, 1.165) is 12.8 Å². The lowest BCUT2D eigenvalue weighted by Gasteiger charge is -2.16. The van der Waals surface area contributed by atoms with Crippen LogP contribution in [0.3, 0.4) is 0 Å². The highest BCUT2D eigenvalue weighted by Gasteiger charge is 2.48. The number of benzene rings is 1. The zero-order valence-corrected chi connectivity index (χ0v) is 14.7. The maximum absolute atomic E-state index is 12.3. The van der Waals surface area contributed by atoms with E-state index < -0.39 is 0 Å². The molecule has 2 atom stereocenters. The van der Waals surface area contributed by atoms with Crippen molar-refractivity contribution in [2.75, 3.05) is 5.32 Å². The third-order valence-electron chi connectivity index (χ3n) is 5.22. The first-order chi connectivity index (χ1) is 12.0. The predicted octanol–water partition coefficient (Wildman–Crippen LogP) is 3.30. The molecule has 2 aliphatic rings. The van der Waals surface area contributed by atoms with Gasteiger partial charge in [-0.15, -0.1) is 0 Å². The quantitative estimate of drug-likeness (QED) is 0.637. The Morgan fingerprint density at radius 3 is 2.08 bits per heavy atom. The fourth-order valence-corrected chi connectivity index (χ4v) is 3.53. The van der Waals surface area contributed by atoms with Crippen LogP contribution < -0.4 is 10.6 Å². The largest absolute Gasteiger partial charge is 0.353 e. The van der Waals surface area contributed by atoms with E-state index in [1.54, 1.807) is 24.3 Å². The number of nitrogens with one attached hydrogen (secondary N) is 2. The van der Waals surface area contributed by atoms with Gasteiger partial charge in [-0.1, -0.05) is 25.7 Å². The summed E-state index contributed by atoms with van der Waals surface area (Å²) in [7, 11) is 0. The average molecular weight is 342 g/mol. The number of carbonyl (C=O) groups excluding carboxylic acids is 3. The van der Waals surface area contributed by atoms with E-state index in [1.807, 2.05) is 0 Å². The monoisotopic (exact) mass is 342 g/mol. The van der Waals surface area contributed by atoms with E-state index in [-0.39, 0.29) is 35.5 Å². The summed E-state index contributed by atoms with van der Waals surface area (Å²) >= 11 is 0. The first-order valence-corrected chi connectivity index (χ1v) is 9.27. The molecular weight excluding hydrogens is 316 g/mol. The Kier molecular flexibility index (Phi) is 5.51. The van der Waals surface area contributed by atoms with Gasteiger partial charge in [0.25, 0.3) is 0 Å². The lowest BCUT2D eigenvalue weighted by molar-refractivity contribution is -0.125. The molecule has 0 spiro atoms. The van der Waals surface area contributed by atoms with Crippen molar-refractivity contribution >= 4 is 23.3 Å². The van der Waals surface area contributed by atoms with E-state index in [2.05, 4.69) is 10.6 Å². The molecule has 0 aromatic heterocycles. The van der Waals surface area contributed by atoms with Crippen LogP contribution in [0.2, 0.25) is 0 Å². The molecule has 2 saturated carbocycles. The second kappa shape index (κ2) is 7.81. The Hall–Kier alpha value is -2.17. The molecule has 2 unspecified atom stereocenters. The average Bonchev–Trinajstić information content (AvgIpc) is 3.40. The van der Waals surface area contributed by atoms with Crippen molar-refractivity contribution in [2.45, 2.75) is 57.9 Å². The van der Waals surface area contributed by atoms with Crippen molar-refractivity contribution in [2.24, 2.45) is 11.8 Å². The minimum Gasteiger partial charge on any atom is -0.353 e. The van der Waals surface area contributed by atoms with Crippen LogP contribution in [0.4, 0.5) is 5.69 Å². The minimum atomic E-state index is -0.238. The third kappa shape index (κ3) is 4.68. The molecule has 2 fully saturated rings. The maximum atomic E-state index is 12.3. The SMILES string of the molecule is CC(=O)c1ccc(NC(=O)C2CC2C(=O)NC2CCCCCC2)cc1. The molecule has 1 aromatic carbocycles. The van der Waals surface area contributed by atoms with Gasteiger partial charge in [0, 0.05) is 17.3 Å². The molecule has 3 rings (SSSR count). The molecule has 2 N–H and O–H groups in total. The Morgan fingerprint density at radius 1 is 0.880 bits per heavy atom. The fourth-order valence-electron chi connectivity index (χ4n) is 3.53. The van der Waals surface area contributed by atoms with Crippen molar-refractivity contribution in [3.05, 3.63) is 29.8 Å². The number of anilines is 1. The van der Waals surface area contributed by atoms with Gasteiger partial charge in [0.15, 0.2) is 5.78 Å². The Balaban J connectivity index is 1.47. The van der Waals surface area contributed by atoms with Crippen molar-refractivity contribution in [1.29, 1.82) is 0 Å². The molecule has 0 bridgehead atoms. The van der Waals surface area contributed by atoms with Crippen LogP contribution in [0.5, 0.6) is 0 Å². The van der Waals surface area contributed by atoms with Gasteiger partial charge in [0.1, 0.15) is 0 Å². The van der Waals surface area contributed by atoms with Gasteiger partial charge in [-0.05, 0) is 50.5 Å². The molecular formula is C20H26N2O3. The van der Waals surface area contributed by atoms with Gasteiger partial charge in [-0.3, -0.25) is 14.4 Å². The normalized spacial score (nSPS) is 23.4. The van der Waals surface area contributed by atoms with Crippen molar-refractivity contribution in [1.82, 2.24) is 5.32 Å². The molecule has 5 heteroatoms. The third-order valence-corrected chi connectivity index (χ3v) is 5.22. The molecule has 1 aromatic rings. The van der Waals surface area contributed by atoms with Crippen LogP contribution in [0.25, 0.3) is 0 Å². The zero-order chi connectivity index (χ0) is 17.8. The summed E-state index contributed by atoms with van der Waals surface area (Å²) in [5.74, 6) is -0.524. The van der Waals surface area contributed by atoms with Crippen LogP contribution in [0.15, 0.2) is 24.3 Å². The first-order valence-electron chi connectivity index (χ1n) is 9.27. The molecule has 134 valence electrons. The fraction of sp³-hybridized carbons (Fsp3) is 0.550. The lowest BCUT2D eigenvalue weighted by Crippen LogP contribution is -2.36. The van der Waals surface area contributed by atoms with Crippen molar-refractivity contribution in [3.63, 3.8) is 0 Å². The van der Waals surface area contributed by atoms with Crippen LogP contribution in [0, 0.1) is 11.8 Å². The highest BCUT2D eigenvalue weighted by Crippen LogP contribution is 2.39. The van der Waals surface area contributed by atoms with Gasteiger partial charge >= 0.3 is 0 Å². The number of ketones is 1. The van der Waals surface area contributed by atoms with E-state index in [0.29, 0.717) is 17.7 Å². The Labute approximate surface area is 148 Å². The van der Waals surface area contributed by atoms with E-state index in [4.69, 9.17) is 0 Å². The van der Waals surface area contributed by atoms with Gasteiger partial charge < -0.3 is 10.6 Å². The molecule has 0 heterocycles. The van der Waals surface area contributed by atoms with Crippen molar-refractivity contribution in [3.8, 4) is 0 Å². The summed E-state index contributed by atoms with van der Waals surface area (Å²) in [6.45, 7) is 1.51. The van der Waals surface area contributed by atoms with Crippen LogP contribution in [-0.2, 0) is 9.59 Å². The summed E-state index contributed by atoms with van der Waals surface area (Å²) in [6, 6.07) is 7.11. The highest BCUT2D eigenvalue weighted by molar-refractivity contribution is 6.00. The van der Waals surface area contributed by atoms with Crippen LogP contribution in [-0.4, -0.2) is 23.6 Å². The molecule has 5 nitrogen and oxygen atoms in total. The van der Waals surface area contributed by atoms with Gasteiger partial charge in [-0.25, -0.2) is 0 Å². The molecule has 0 radical (unpaired) electrons. The van der Waals surface area contributed by atoms with Crippen LogP contribution >= 0.6 is 0 Å². The second-order valence-electron chi connectivity index (χ2n) is 7.27. The van der Waals surface area contributed by atoms with E-state index in [9.17, 15) is 14.4 Å². The number of hydrogen-bond donors (Lipinski definition) is 2. The topological polar surface area (TPSA) is 75.3 Å². The molecule has 2 amide bonds.